The molecule has 60 valence electrons. The van der Waals surface area contributed by atoms with E-state index in [0.29, 0.717) is 0 Å². The first-order valence-electron chi connectivity index (χ1n) is 3.91. The standard InChI is InChI=1S/C10H10N2/c1-12-7-9-5-3-2-4-8(9)6-10(12)11/h2-7,11H,1H3/p+1. The molecule has 0 aliphatic carbocycles. The summed E-state index contributed by atoms with van der Waals surface area (Å²) < 4.78 is 1.92. The molecule has 0 saturated heterocycles. The van der Waals surface area contributed by atoms with Gasteiger partial charge in [-0.15, -0.1) is 0 Å². The summed E-state index contributed by atoms with van der Waals surface area (Å²) in [5.74, 6) is 0.786. The molecule has 1 heterocycles. The monoisotopic (exact) mass is 159 g/mol. The van der Waals surface area contributed by atoms with Gasteiger partial charge in [-0.25, -0.2) is 4.57 Å². The molecular weight excluding hydrogens is 148 g/mol. The fourth-order valence-corrected chi connectivity index (χ4v) is 1.30. The van der Waals surface area contributed by atoms with Crippen molar-refractivity contribution in [2.45, 2.75) is 0 Å². The number of anilines is 1. The van der Waals surface area contributed by atoms with Gasteiger partial charge < -0.3 is 0 Å². The number of aryl methyl sites for hydroxylation is 1. The van der Waals surface area contributed by atoms with E-state index in [1.165, 1.54) is 10.8 Å². The Morgan fingerprint density at radius 1 is 1.17 bits per heavy atom. The molecule has 1 aromatic carbocycles. The Hall–Kier alpha value is -1.57. The van der Waals surface area contributed by atoms with Crippen molar-refractivity contribution in [1.29, 1.82) is 0 Å². The summed E-state index contributed by atoms with van der Waals surface area (Å²) in [5, 5.41) is 2.40. The van der Waals surface area contributed by atoms with Crippen LogP contribution in [0, 0.1) is 0 Å². The lowest BCUT2D eigenvalue weighted by Crippen LogP contribution is -2.31. The van der Waals surface area contributed by atoms with Crippen LogP contribution < -0.4 is 10.3 Å². The van der Waals surface area contributed by atoms with E-state index in [1.54, 1.807) is 0 Å². The predicted molar refractivity (Wildman–Crippen MR) is 49.5 cm³/mol. The minimum absolute atomic E-state index is 0.786. The van der Waals surface area contributed by atoms with Gasteiger partial charge in [0.2, 0.25) is 0 Å². The topological polar surface area (TPSA) is 29.9 Å². The van der Waals surface area contributed by atoms with Crippen molar-refractivity contribution in [1.82, 2.24) is 0 Å². The van der Waals surface area contributed by atoms with E-state index < -0.39 is 0 Å². The average Bonchev–Trinajstić information content (AvgIpc) is 2.07. The maximum atomic E-state index is 5.75. The van der Waals surface area contributed by atoms with Gasteiger partial charge in [0.05, 0.1) is 13.2 Å². The lowest BCUT2D eigenvalue weighted by Gasteiger charge is -1.98. The summed E-state index contributed by atoms with van der Waals surface area (Å²) in [5.41, 5.74) is 5.75. The van der Waals surface area contributed by atoms with Gasteiger partial charge in [-0.3, -0.25) is 5.73 Å². The SMILES string of the molecule is C[n+]1cc2ccccc2cc1N. The highest BCUT2D eigenvalue weighted by Gasteiger charge is 2.00. The first-order valence-corrected chi connectivity index (χ1v) is 3.91. The van der Waals surface area contributed by atoms with Crippen molar-refractivity contribution in [3.8, 4) is 0 Å². The Labute approximate surface area is 71.2 Å². The van der Waals surface area contributed by atoms with Crippen LogP contribution in [0.4, 0.5) is 5.82 Å². The van der Waals surface area contributed by atoms with E-state index in [2.05, 4.69) is 12.1 Å². The van der Waals surface area contributed by atoms with Crippen LogP contribution >= 0.6 is 0 Å². The molecule has 0 radical (unpaired) electrons. The van der Waals surface area contributed by atoms with Crippen LogP contribution in [-0.4, -0.2) is 0 Å². The maximum Gasteiger partial charge on any atom is 0.272 e. The molecule has 0 bridgehead atoms. The molecule has 2 rings (SSSR count). The van der Waals surface area contributed by atoms with E-state index in [9.17, 15) is 0 Å². The van der Waals surface area contributed by atoms with E-state index in [-0.39, 0.29) is 0 Å². The third-order valence-electron chi connectivity index (χ3n) is 2.04. The van der Waals surface area contributed by atoms with Gasteiger partial charge in [0.1, 0.15) is 0 Å². The molecule has 0 saturated carbocycles. The molecule has 2 nitrogen and oxygen atoms in total. The second kappa shape index (κ2) is 2.48. The Morgan fingerprint density at radius 3 is 2.58 bits per heavy atom. The van der Waals surface area contributed by atoms with Crippen LogP contribution in [0.1, 0.15) is 0 Å². The number of hydrogen-bond donors (Lipinski definition) is 1. The first kappa shape index (κ1) is 7.10. The normalized spacial score (nSPS) is 10.4. The Kier molecular flexibility index (Phi) is 1.47. The highest BCUT2D eigenvalue weighted by Crippen LogP contribution is 2.12. The summed E-state index contributed by atoms with van der Waals surface area (Å²) >= 11 is 0. The molecule has 1 aromatic heterocycles. The smallest absolute Gasteiger partial charge is 0.272 e. The quantitative estimate of drug-likeness (QED) is 0.576. The molecule has 0 atom stereocenters. The van der Waals surface area contributed by atoms with E-state index in [1.807, 2.05) is 36.0 Å². The molecule has 0 amide bonds. The van der Waals surface area contributed by atoms with Gasteiger partial charge in [-0.2, -0.15) is 0 Å². The van der Waals surface area contributed by atoms with Crippen molar-refractivity contribution in [3.05, 3.63) is 36.5 Å². The first-order chi connectivity index (χ1) is 5.77. The number of benzene rings is 1. The molecule has 2 heteroatoms. The largest absolute Gasteiger partial charge is 0.287 e. The van der Waals surface area contributed by atoms with Crippen LogP contribution in [0.2, 0.25) is 0 Å². The number of aromatic nitrogens is 1. The van der Waals surface area contributed by atoms with Crippen LogP contribution in [0.25, 0.3) is 10.8 Å². The second-order valence-electron chi connectivity index (χ2n) is 2.94. The highest BCUT2D eigenvalue weighted by molar-refractivity contribution is 5.82. The maximum absolute atomic E-state index is 5.75. The van der Waals surface area contributed by atoms with Crippen molar-refractivity contribution >= 4 is 16.6 Å². The molecule has 0 spiro atoms. The second-order valence-corrected chi connectivity index (χ2v) is 2.94. The van der Waals surface area contributed by atoms with E-state index in [0.717, 1.165) is 5.82 Å². The fourth-order valence-electron chi connectivity index (χ4n) is 1.30. The molecule has 2 N–H and O–H groups in total. The number of fused-ring (bicyclic) bond motifs is 1. The van der Waals surface area contributed by atoms with Crippen LogP contribution in [0.15, 0.2) is 36.5 Å². The molecular formula is C10H11N2+. The lowest BCUT2D eigenvalue weighted by molar-refractivity contribution is -0.655. The lowest BCUT2D eigenvalue weighted by atomic mass is 10.2. The van der Waals surface area contributed by atoms with Gasteiger partial charge in [-0.05, 0) is 5.39 Å². The van der Waals surface area contributed by atoms with Crippen molar-refractivity contribution in [3.63, 3.8) is 0 Å². The van der Waals surface area contributed by atoms with Crippen molar-refractivity contribution in [2.24, 2.45) is 7.05 Å². The van der Waals surface area contributed by atoms with E-state index >= 15 is 0 Å². The fraction of sp³-hybridized carbons (Fsp3) is 0.100. The van der Waals surface area contributed by atoms with Gasteiger partial charge >= 0.3 is 0 Å². The molecule has 2 aromatic rings. The number of nitrogens with two attached hydrogens (primary N) is 1. The predicted octanol–water partition coefficient (Wildman–Crippen LogP) is 1.25. The number of nitrogens with zero attached hydrogens (tertiary/aromatic N) is 1. The third kappa shape index (κ3) is 1.01. The Morgan fingerprint density at radius 2 is 1.83 bits per heavy atom. The molecule has 0 aliphatic rings. The van der Waals surface area contributed by atoms with Gasteiger partial charge in [-0.1, -0.05) is 24.3 Å². The Bertz CT molecular complexity index is 381. The van der Waals surface area contributed by atoms with Gasteiger partial charge in [0.15, 0.2) is 0 Å². The summed E-state index contributed by atoms with van der Waals surface area (Å²) in [4.78, 5) is 0. The highest BCUT2D eigenvalue weighted by atomic mass is 15.0. The average molecular weight is 159 g/mol. The summed E-state index contributed by atoms with van der Waals surface area (Å²) in [7, 11) is 1.95. The van der Waals surface area contributed by atoms with Crippen LogP contribution in [0.3, 0.4) is 0 Å². The molecule has 12 heavy (non-hydrogen) atoms. The van der Waals surface area contributed by atoms with Gasteiger partial charge in [0.25, 0.3) is 5.82 Å². The van der Waals surface area contributed by atoms with Crippen LogP contribution in [0.5, 0.6) is 0 Å². The number of nitrogen functional groups attached to an aromatic ring is 1. The van der Waals surface area contributed by atoms with Gasteiger partial charge in [0, 0.05) is 11.5 Å². The Balaban J connectivity index is 2.84. The van der Waals surface area contributed by atoms with Crippen molar-refractivity contribution < 1.29 is 4.57 Å². The zero-order valence-electron chi connectivity index (χ0n) is 6.99. The summed E-state index contributed by atoms with van der Waals surface area (Å²) in [6.07, 6.45) is 2.03. The molecule has 0 aliphatic heterocycles. The zero-order valence-corrected chi connectivity index (χ0v) is 6.99. The minimum Gasteiger partial charge on any atom is -0.287 e. The zero-order chi connectivity index (χ0) is 8.55. The summed E-state index contributed by atoms with van der Waals surface area (Å²) in [6, 6.07) is 10.2. The number of rotatable bonds is 0. The number of hydrogen-bond acceptors (Lipinski definition) is 1. The van der Waals surface area contributed by atoms with Crippen LogP contribution in [-0.2, 0) is 7.05 Å². The van der Waals surface area contributed by atoms with Crippen molar-refractivity contribution in [2.75, 3.05) is 5.73 Å². The molecule has 0 fully saturated rings. The third-order valence-corrected chi connectivity index (χ3v) is 2.04. The minimum atomic E-state index is 0.786. The molecule has 0 unspecified atom stereocenters. The van der Waals surface area contributed by atoms with E-state index in [4.69, 9.17) is 5.73 Å². The number of pyridine rings is 1. The summed E-state index contributed by atoms with van der Waals surface area (Å²) in [6.45, 7) is 0.